The molecule has 0 aromatic heterocycles. The van der Waals surface area contributed by atoms with Gasteiger partial charge in [-0.1, -0.05) is 11.6 Å². The average molecular weight is 322 g/mol. The van der Waals surface area contributed by atoms with Crippen molar-refractivity contribution < 1.29 is 9.53 Å². The van der Waals surface area contributed by atoms with E-state index in [1.54, 1.807) is 37.9 Å². The number of carbonyl (C=O) groups excluding carboxylic acids is 1. The Morgan fingerprint density at radius 2 is 2.05 bits per heavy atom. The van der Waals surface area contributed by atoms with Crippen molar-refractivity contribution in [3.8, 4) is 5.75 Å². The van der Waals surface area contributed by atoms with E-state index in [0.29, 0.717) is 22.0 Å². The molecular weight excluding hydrogens is 306 g/mol. The van der Waals surface area contributed by atoms with Crippen LogP contribution in [-0.2, 0) is 5.75 Å². The number of ketones is 1. The van der Waals surface area contributed by atoms with Gasteiger partial charge in [0.05, 0.1) is 17.8 Å². The first-order chi connectivity index (χ1) is 10.0. The molecule has 0 radical (unpaired) electrons. The van der Waals surface area contributed by atoms with Gasteiger partial charge < -0.3 is 10.5 Å². The van der Waals surface area contributed by atoms with Gasteiger partial charge in [-0.2, -0.15) is 0 Å². The van der Waals surface area contributed by atoms with Crippen LogP contribution in [0.15, 0.2) is 41.3 Å². The normalized spacial score (nSPS) is 10.4. The zero-order chi connectivity index (χ0) is 15.4. The van der Waals surface area contributed by atoms with Crippen LogP contribution in [-0.4, -0.2) is 12.9 Å². The first kappa shape index (κ1) is 15.7. The Bertz CT molecular complexity index is 673. The van der Waals surface area contributed by atoms with Gasteiger partial charge in [-0.3, -0.25) is 4.79 Å². The molecule has 2 aromatic carbocycles. The molecule has 0 fully saturated rings. The SMILES string of the molecule is COc1ccc(C(C)=O)cc1CSc1ccc(N)c(Cl)c1. The lowest BCUT2D eigenvalue weighted by atomic mass is 10.1. The van der Waals surface area contributed by atoms with Gasteiger partial charge in [0.2, 0.25) is 0 Å². The lowest BCUT2D eigenvalue weighted by Gasteiger charge is -2.10. The summed E-state index contributed by atoms with van der Waals surface area (Å²) in [6, 6.07) is 11.0. The minimum absolute atomic E-state index is 0.0411. The molecule has 0 amide bonds. The summed E-state index contributed by atoms with van der Waals surface area (Å²) in [5.74, 6) is 1.50. The minimum atomic E-state index is 0.0411. The highest BCUT2D eigenvalue weighted by molar-refractivity contribution is 7.98. The highest BCUT2D eigenvalue weighted by Gasteiger charge is 2.08. The van der Waals surface area contributed by atoms with Crippen molar-refractivity contribution in [3.05, 3.63) is 52.5 Å². The molecule has 2 aromatic rings. The zero-order valence-corrected chi connectivity index (χ0v) is 13.4. The maximum Gasteiger partial charge on any atom is 0.159 e. The molecule has 0 unspecified atom stereocenters. The van der Waals surface area contributed by atoms with Crippen molar-refractivity contribution in [2.75, 3.05) is 12.8 Å². The predicted octanol–water partition coefficient (Wildman–Crippen LogP) is 4.43. The standard InChI is InChI=1S/C16H16ClNO2S/c1-10(19)11-3-6-16(20-2)12(7-11)9-21-13-4-5-15(18)14(17)8-13/h3-8H,9,18H2,1-2H3. The number of rotatable bonds is 5. The van der Waals surface area contributed by atoms with Crippen LogP contribution in [0.3, 0.4) is 0 Å². The van der Waals surface area contributed by atoms with Gasteiger partial charge in [-0.05, 0) is 43.3 Å². The molecule has 0 aliphatic carbocycles. The summed E-state index contributed by atoms with van der Waals surface area (Å²) < 4.78 is 5.34. The summed E-state index contributed by atoms with van der Waals surface area (Å²) in [5, 5.41) is 0.546. The van der Waals surface area contributed by atoms with Crippen LogP contribution in [0.2, 0.25) is 5.02 Å². The second-order valence-corrected chi connectivity index (χ2v) is 6.01. The van der Waals surface area contributed by atoms with Crippen molar-refractivity contribution in [1.82, 2.24) is 0 Å². The second kappa shape index (κ2) is 6.87. The maximum atomic E-state index is 11.5. The van der Waals surface area contributed by atoms with Crippen molar-refractivity contribution in [2.45, 2.75) is 17.6 Å². The number of hydrogen-bond donors (Lipinski definition) is 1. The Morgan fingerprint density at radius 3 is 2.67 bits per heavy atom. The number of carbonyl (C=O) groups is 1. The topological polar surface area (TPSA) is 52.3 Å². The van der Waals surface area contributed by atoms with E-state index >= 15 is 0 Å². The molecule has 2 rings (SSSR count). The smallest absolute Gasteiger partial charge is 0.159 e. The summed E-state index contributed by atoms with van der Waals surface area (Å²) in [4.78, 5) is 12.5. The van der Waals surface area contributed by atoms with Crippen molar-refractivity contribution >= 4 is 34.8 Å². The fourth-order valence-corrected chi connectivity index (χ4v) is 3.03. The summed E-state index contributed by atoms with van der Waals surface area (Å²) in [5.41, 5.74) is 7.92. The fourth-order valence-electron chi connectivity index (χ4n) is 1.87. The molecule has 0 aliphatic heterocycles. The number of ether oxygens (including phenoxy) is 1. The van der Waals surface area contributed by atoms with Gasteiger partial charge in [0, 0.05) is 21.8 Å². The molecule has 3 nitrogen and oxygen atoms in total. The van der Waals surface area contributed by atoms with Gasteiger partial charge in [-0.15, -0.1) is 11.8 Å². The number of nitrogen functional groups attached to an aromatic ring is 1. The van der Waals surface area contributed by atoms with Crippen LogP contribution in [0.4, 0.5) is 5.69 Å². The van der Waals surface area contributed by atoms with Gasteiger partial charge in [0.15, 0.2) is 5.78 Å². The number of thioether (sulfide) groups is 1. The first-order valence-electron chi connectivity index (χ1n) is 6.37. The summed E-state index contributed by atoms with van der Waals surface area (Å²) in [6.45, 7) is 1.55. The molecule has 0 spiro atoms. The molecule has 2 N–H and O–H groups in total. The Balaban J connectivity index is 2.19. The van der Waals surface area contributed by atoms with Crippen molar-refractivity contribution in [1.29, 1.82) is 0 Å². The number of anilines is 1. The van der Waals surface area contributed by atoms with Crippen LogP contribution >= 0.6 is 23.4 Å². The molecule has 0 bridgehead atoms. The molecule has 0 aliphatic rings. The number of nitrogens with two attached hydrogens (primary N) is 1. The molecule has 110 valence electrons. The summed E-state index contributed by atoms with van der Waals surface area (Å²) in [7, 11) is 1.62. The van der Waals surface area contributed by atoms with E-state index in [0.717, 1.165) is 16.2 Å². The van der Waals surface area contributed by atoms with Gasteiger partial charge in [0.25, 0.3) is 0 Å². The van der Waals surface area contributed by atoms with Crippen LogP contribution in [0, 0.1) is 0 Å². The molecule has 5 heteroatoms. The summed E-state index contributed by atoms with van der Waals surface area (Å²) in [6.07, 6.45) is 0. The van der Waals surface area contributed by atoms with Gasteiger partial charge in [0.1, 0.15) is 5.75 Å². The molecular formula is C16H16ClNO2S. The number of halogens is 1. The Kier molecular flexibility index (Phi) is 5.15. The lowest BCUT2D eigenvalue weighted by Crippen LogP contribution is -1.97. The third-order valence-electron chi connectivity index (χ3n) is 3.05. The largest absolute Gasteiger partial charge is 0.496 e. The van der Waals surface area contributed by atoms with E-state index in [1.165, 1.54) is 0 Å². The maximum absolute atomic E-state index is 11.5. The molecule has 21 heavy (non-hydrogen) atoms. The highest BCUT2D eigenvalue weighted by Crippen LogP contribution is 2.31. The molecule has 0 saturated heterocycles. The third-order valence-corrected chi connectivity index (χ3v) is 4.42. The van der Waals surface area contributed by atoms with E-state index in [2.05, 4.69) is 0 Å². The Labute approximate surface area is 133 Å². The van der Waals surface area contributed by atoms with Gasteiger partial charge in [-0.25, -0.2) is 0 Å². The second-order valence-electron chi connectivity index (χ2n) is 4.55. The van der Waals surface area contributed by atoms with E-state index < -0.39 is 0 Å². The quantitative estimate of drug-likeness (QED) is 0.503. The molecule has 0 saturated carbocycles. The minimum Gasteiger partial charge on any atom is -0.496 e. The van der Waals surface area contributed by atoms with Crippen LogP contribution < -0.4 is 10.5 Å². The first-order valence-corrected chi connectivity index (χ1v) is 7.73. The van der Waals surface area contributed by atoms with Gasteiger partial charge >= 0.3 is 0 Å². The van der Waals surface area contributed by atoms with E-state index in [1.807, 2.05) is 24.3 Å². The monoisotopic (exact) mass is 321 g/mol. The zero-order valence-electron chi connectivity index (χ0n) is 11.9. The van der Waals surface area contributed by atoms with E-state index in [-0.39, 0.29) is 5.78 Å². The lowest BCUT2D eigenvalue weighted by molar-refractivity contribution is 0.101. The Hall–Kier alpha value is -1.65. The third kappa shape index (κ3) is 3.93. The van der Waals surface area contributed by atoms with Crippen molar-refractivity contribution in [3.63, 3.8) is 0 Å². The average Bonchev–Trinajstić information content (AvgIpc) is 2.48. The summed E-state index contributed by atoms with van der Waals surface area (Å²) >= 11 is 7.63. The van der Waals surface area contributed by atoms with Crippen LogP contribution in [0.25, 0.3) is 0 Å². The Morgan fingerprint density at radius 1 is 1.29 bits per heavy atom. The number of methoxy groups -OCH3 is 1. The van der Waals surface area contributed by atoms with E-state index in [4.69, 9.17) is 22.1 Å². The van der Waals surface area contributed by atoms with Crippen molar-refractivity contribution in [2.24, 2.45) is 0 Å². The molecule has 0 atom stereocenters. The number of hydrogen-bond acceptors (Lipinski definition) is 4. The number of Topliss-reactive ketones (excluding diaryl/α,β-unsaturated/α-hetero) is 1. The number of benzene rings is 2. The molecule has 0 heterocycles. The van der Waals surface area contributed by atoms with E-state index in [9.17, 15) is 4.79 Å². The highest BCUT2D eigenvalue weighted by atomic mass is 35.5. The van der Waals surface area contributed by atoms with Crippen LogP contribution in [0.5, 0.6) is 5.75 Å². The fraction of sp³-hybridized carbons (Fsp3) is 0.188. The van der Waals surface area contributed by atoms with Crippen LogP contribution in [0.1, 0.15) is 22.8 Å². The predicted molar refractivity (Wildman–Crippen MR) is 88.4 cm³/mol.